The van der Waals surface area contributed by atoms with Crippen LogP contribution >= 0.6 is 15.9 Å². The van der Waals surface area contributed by atoms with Crippen molar-refractivity contribution in [1.29, 1.82) is 0 Å². The molecule has 0 saturated heterocycles. The Labute approximate surface area is 126 Å². The maximum absolute atomic E-state index is 6.25. The van der Waals surface area contributed by atoms with Crippen molar-refractivity contribution in [2.24, 2.45) is 5.73 Å². The van der Waals surface area contributed by atoms with Gasteiger partial charge in [-0.25, -0.2) is 0 Å². The van der Waals surface area contributed by atoms with Crippen molar-refractivity contribution in [1.82, 2.24) is 10.1 Å². The van der Waals surface area contributed by atoms with Gasteiger partial charge in [-0.3, -0.25) is 0 Å². The Bertz CT molecular complexity index is 614. The number of nitrogens with two attached hydrogens (primary N) is 1. The average Bonchev–Trinajstić information content (AvgIpc) is 2.87. The van der Waals surface area contributed by atoms with Crippen LogP contribution in [0, 0.1) is 0 Å². The Morgan fingerprint density at radius 3 is 2.45 bits per heavy atom. The van der Waals surface area contributed by atoms with Crippen molar-refractivity contribution in [2.45, 2.75) is 44.1 Å². The molecule has 1 aliphatic carbocycles. The van der Waals surface area contributed by atoms with Crippen LogP contribution in [-0.4, -0.2) is 10.1 Å². The molecule has 5 heteroatoms. The van der Waals surface area contributed by atoms with Crippen LogP contribution < -0.4 is 5.73 Å². The molecule has 0 bridgehead atoms. The van der Waals surface area contributed by atoms with Gasteiger partial charge in [-0.15, -0.1) is 0 Å². The molecule has 4 nitrogen and oxygen atoms in total. The molecule has 1 saturated carbocycles. The summed E-state index contributed by atoms with van der Waals surface area (Å²) in [5, 5.41) is 4.10. The molecule has 0 amide bonds. The maximum atomic E-state index is 6.25. The third-order valence-electron chi connectivity index (χ3n) is 4.22. The van der Waals surface area contributed by atoms with E-state index in [1.54, 1.807) is 0 Å². The highest BCUT2D eigenvalue weighted by atomic mass is 79.9. The van der Waals surface area contributed by atoms with Gasteiger partial charge in [0, 0.05) is 4.47 Å². The van der Waals surface area contributed by atoms with Crippen LogP contribution in [0.25, 0.3) is 0 Å². The number of hydrogen-bond donors (Lipinski definition) is 1. The van der Waals surface area contributed by atoms with Gasteiger partial charge >= 0.3 is 0 Å². The predicted molar refractivity (Wildman–Crippen MR) is 80.3 cm³/mol. The zero-order chi connectivity index (χ0) is 14.4. The van der Waals surface area contributed by atoms with Crippen LogP contribution in [0.3, 0.4) is 0 Å². The van der Waals surface area contributed by atoms with Gasteiger partial charge in [0.25, 0.3) is 0 Å². The van der Waals surface area contributed by atoms with Crippen molar-refractivity contribution in [2.75, 3.05) is 0 Å². The Balaban J connectivity index is 1.93. The van der Waals surface area contributed by atoms with Gasteiger partial charge in [-0.2, -0.15) is 4.98 Å². The van der Waals surface area contributed by atoms with Gasteiger partial charge in [0.2, 0.25) is 5.89 Å². The highest BCUT2D eigenvalue weighted by Crippen LogP contribution is 2.38. The summed E-state index contributed by atoms with van der Waals surface area (Å²) in [5.41, 5.74) is 6.68. The number of benzene rings is 1. The topological polar surface area (TPSA) is 64.9 Å². The van der Waals surface area contributed by atoms with E-state index in [2.05, 4.69) is 52.1 Å². The van der Waals surface area contributed by atoms with Crippen molar-refractivity contribution in [3.63, 3.8) is 0 Å². The molecule has 3 rings (SSSR count). The van der Waals surface area contributed by atoms with Crippen LogP contribution in [0.1, 0.15) is 50.4 Å². The van der Waals surface area contributed by atoms with E-state index in [9.17, 15) is 0 Å². The summed E-state index contributed by atoms with van der Waals surface area (Å²) in [6.45, 7) is 4.16. The summed E-state index contributed by atoms with van der Waals surface area (Å²) in [4.78, 5) is 4.56. The number of rotatable bonds is 3. The van der Waals surface area contributed by atoms with Crippen LogP contribution in [0.4, 0.5) is 0 Å². The summed E-state index contributed by atoms with van der Waals surface area (Å²) < 4.78 is 6.54. The summed E-state index contributed by atoms with van der Waals surface area (Å²) in [6, 6.07) is 8.17. The van der Waals surface area contributed by atoms with E-state index in [-0.39, 0.29) is 11.0 Å². The van der Waals surface area contributed by atoms with E-state index in [4.69, 9.17) is 10.3 Å². The minimum absolute atomic E-state index is 0.327. The number of halogens is 1. The molecule has 0 spiro atoms. The zero-order valence-corrected chi connectivity index (χ0v) is 13.3. The summed E-state index contributed by atoms with van der Waals surface area (Å²) in [5.74, 6) is 1.26. The van der Waals surface area contributed by atoms with Crippen LogP contribution in [-0.2, 0) is 11.0 Å². The molecule has 1 aliphatic rings. The first-order chi connectivity index (χ1) is 9.42. The predicted octanol–water partition coefficient (Wildman–Crippen LogP) is 3.50. The molecular formula is C15H18BrN3O. The van der Waals surface area contributed by atoms with Crippen molar-refractivity contribution >= 4 is 15.9 Å². The fraction of sp³-hybridized carbons (Fsp3) is 0.467. The molecule has 20 heavy (non-hydrogen) atoms. The molecule has 1 fully saturated rings. The van der Waals surface area contributed by atoms with Crippen LogP contribution in [0.5, 0.6) is 0 Å². The molecule has 106 valence electrons. The maximum Gasteiger partial charge on any atom is 0.236 e. The SMILES string of the molecule is CC(C)(c1ccc(Br)cc1)c1nc(C2(N)CCC2)no1. The van der Waals surface area contributed by atoms with Gasteiger partial charge in [0.1, 0.15) is 0 Å². The molecule has 0 unspecified atom stereocenters. The van der Waals surface area contributed by atoms with E-state index in [1.807, 2.05) is 12.1 Å². The zero-order valence-electron chi connectivity index (χ0n) is 11.7. The lowest BCUT2D eigenvalue weighted by atomic mass is 9.77. The van der Waals surface area contributed by atoms with Crippen molar-refractivity contribution in [3.8, 4) is 0 Å². The van der Waals surface area contributed by atoms with E-state index in [1.165, 1.54) is 0 Å². The van der Waals surface area contributed by atoms with Gasteiger partial charge in [0.15, 0.2) is 5.82 Å². The second-order valence-corrected chi connectivity index (χ2v) is 6.98. The molecule has 0 atom stereocenters. The number of aromatic nitrogens is 2. The molecule has 1 heterocycles. The monoisotopic (exact) mass is 335 g/mol. The normalized spacial score (nSPS) is 17.8. The van der Waals surface area contributed by atoms with Gasteiger partial charge in [-0.05, 0) is 50.8 Å². The summed E-state index contributed by atoms with van der Waals surface area (Å²) in [6.07, 6.45) is 3.01. The van der Waals surface area contributed by atoms with Gasteiger partial charge < -0.3 is 10.3 Å². The van der Waals surface area contributed by atoms with Crippen molar-refractivity contribution < 1.29 is 4.52 Å². The Kier molecular flexibility index (Phi) is 3.21. The Morgan fingerprint density at radius 2 is 1.90 bits per heavy atom. The molecule has 0 radical (unpaired) electrons. The quantitative estimate of drug-likeness (QED) is 0.932. The van der Waals surface area contributed by atoms with E-state index in [0.29, 0.717) is 11.7 Å². The van der Waals surface area contributed by atoms with E-state index in [0.717, 1.165) is 29.3 Å². The highest BCUT2D eigenvalue weighted by molar-refractivity contribution is 9.10. The first kappa shape index (κ1) is 13.8. The van der Waals surface area contributed by atoms with E-state index >= 15 is 0 Å². The molecular weight excluding hydrogens is 318 g/mol. The lowest BCUT2D eigenvalue weighted by Gasteiger charge is -2.34. The van der Waals surface area contributed by atoms with Crippen LogP contribution in [0.15, 0.2) is 33.3 Å². The summed E-state index contributed by atoms with van der Waals surface area (Å²) >= 11 is 3.45. The van der Waals surface area contributed by atoms with Crippen LogP contribution in [0.2, 0.25) is 0 Å². The third kappa shape index (κ3) is 2.19. The molecule has 2 N–H and O–H groups in total. The number of nitrogens with zero attached hydrogens (tertiary/aromatic N) is 2. The first-order valence-corrected chi connectivity index (χ1v) is 7.61. The molecule has 1 aromatic carbocycles. The van der Waals surface area contributed by atoms with Gasteiger partial charge in [-0.1, -0.05) is 33.2 Å². The third-order valence-corrected chi connectivity index (χ3v) is 4.75. The molecule has 2 aromatic rings. The first-order valence-electron chi connectivity index (χ1n) is 6.81. The van der Waals surface area contributed by atoms with Gasteiger partial charge in [0.05, 0.1) is 11.0 Å². The lowest BCUT2D eigenvalue weighted by molar-refractivity contribution is 0.228. The largest absolute Gasteiger partial charge is 0.338 e. The fourth-order valence-corrected chi connectivity index (χ4v) is 2.72. The molecule has 1 aromatic heterocycles. The highest BCUT2D eigenvalue weighted by Gasteiger charge is 2.40. The Morgan fingerprint density at radius 1 is 1.25 bits per heavy atom. The lowest BCUT2D eigenvalue weighted by Crippen LogP contribution is -2.44. The van der Waals surface area contributed by atoms with Crippen molar-refractivity contribution in [3.05, 3.63) is 46.0 Å². The Hall–Kier alpha value is -1.20. The number of hydrogen-bond acceptors (Lipinski definition) is 4. The van der Waals surface area contributed by atoms with E-state index < -0.39 is 0 Å². The minimum Gasteiger partial charge on any atom is -0.338 e. The second-order valence-electron chi connectivity index (χ2n) is 6.06. The summed E-state index contributed by atoms with van der Waals surface area (Å²) in [7, 11) is 0. The minimum atomic E-state index is -0.377. The second kappa shape index (κ2) is 4.67. The smallest absolute Gasteiger partial charge is 0.236 e. The average molecular weight is 336 g/mol. The molecule has 0 aliphatic heterocycles. The standard InChI is InChI=1S/C15H18BrN3O/c1-14(2,10-4-6-11(16)7-5-10)13-18-12(19-20-13)15(17)8-3-9-15/h4-7H,3,8-9,17H2,1-2H3. The fourth-order valence-electron chi connectivity index (χ4n) is 2.45.